The largest absolute Gasteiger partial charge is 0.489 e. The smallest absolute Gasteiger partial charge is 0.279 e. The Hall–Kier alpha value is -1.11. The van der Waals surface area contributed by atoms with Crippen molar-refractivity contribution in [3.63, 3.8) is 0 Å². The van der Waals surface area contributed by atoms with Crippen molar-refractivity contribution < 1.29 is 13.2 Å². The van der Waals surface area contributed by atoms with Crippen molar-refractivity contribution in [2.45, 2.75) is 19.4 Å². The molecule has 0 heterocycles. The van der Waals surface area contributed by atoms with Crippen molar-refractivity contribution >= 4 is 10.2 Å². The molecule has 102 valence electrons. The van der Waals surface area contributed by atoms with Crippen LogP contribution in [0.15, 0.2) is 30.3 Å². The molecule has 0 aliphatic carbocycles. The molecule has 1 aromatic rings. The second-order valence-corrected chi connectivity index (χ2v) is 6.07. The number of hydrogen-bond donors (Lipinski definition) is 1. The van der Waals surface area contributed by atoms with Crippen molar-refractivity contribution in [3.8, 4) is 5.75 Å². The van der Waals surface area contributed by atoms with E-state index >= 15 is 0 Å². The molecule has 0 spiro atoms. The Bertz CT molecular complexity index is 446. The predicted octanol–water partition coefficient (Wildman–Crippen LogP) is 1.24. The van der Waals surface area contributed by atoms with Crippen LogP contribution in [0.3, 0.4) is 0 Å². The van der Waals surface area contributed by atoms with Crippen molar-refractivity contribution in [1.29, 1.82) is 0 Å². The normalized spacial score (nSPS) is 13.6. The van der Waals surface area contributed by atoms with Crippen molar-refractivity contribution in [1.82, 2.24) is 9.03 Å². The summed E-state index contributed by atoms with van der Waals surface area (Å²) >= 11 is 0. The van der Waals surface area contributed by atoms with Gasteiger partial charge in [-0.2, -0.15) is 17.4 Å². The lowest BCUT2D eigenvalue weighted by molar-refractivity contribution is 0.200. The average Bonchev–Trinajstić information content (AvgIpc) is 2.35. The zero-order valence-corrected chi connectivity index (χ0v) is 11.8. The average molecular weight is 272 g/mol. The summed E-state index contributed by atoms with van der Waals surface area (Å²) in [6.07, 6.45) is 0.548. The molecule has 1 rings (SSSR count). The summed E-state index contributed by atoms with van der Waals surface area (Å²) < 4.78 is 32.5. The minimum absolute atomic E-state index is 0.179. The van der Waals surface area contributed by atoms with Gasteiger partial charge >= 0.3 is 0 Å². The molecule has 1 N–H and O–H groups in total. The number of nitrogens with one attached hydrogen (secondary N) is 1. The lowest BCUT2D eigenvalue weighted by Gasteiger charge is -2.19. The van der Waals surface area contributed by atoms with Crippen LogP contribution in [0.5, 0.6) is 5.75 Å². The van der Waals surface area contributed by atoms with Gasteiger partial charge in [0.25, 0.3) is 10.2 Å². The van der Waals surface area contributed by atoms with E-state index in [1.54, 1.807) is 0 Å². The van der Waals surface area contributed by atoms with Gasteiger partial charge in [0, 0.05) is 20.6 Å². The minimum Gasteiger partial charge on any atom is -0.489 e. The first-order valence-corrected chi connectivity index (χ1v) is 7.28. The van der Waals surface area contributed by atoms with Gasteiger partial charge in [-0.05, 0) is 18.6 Å². The molecular weight excluding hydrogens is 252 g/mol. The topological polar surface area (TPSA) is 58.6 Å². The van der Waals surface area contributed by atoms with Crippen molar-refractivity contribution in [2.24, 2.45) is 0 Å². The van der Waals surface area contributed by atoms with Gasteiger partial charge in [-0.3, -0.25) is 0 Å². The number of nitrogens with zero attached hydrogens (tertiary/aromatic N) is 1. The maximum atomic E-state index is 11.6. The second-order valence-electron chi connectivity index (χ2n) is 4.10. The molecule has 0 radical (unpaired) electrons. The van der Waals surface area contributed by atoms with E-state index in [9.17, 15) is 8.42 Å². The van der Waals surface area contributed by atoms with Crippen molar-refractivity contribution in [2.75, 3.05) is 20.6 Å². The van der Waals surface area contributed by atoms with Gasteiger partial charge in [-0.25, -0.2) is 0 Å². The van der Waals surface area contributed by atoms with E-state index < -0.39 is 10.2 Å². The quantitative estimate of drug-likeness (QED) is 0.812. The minimum atomic E-state index is -3.39. The van der Waals surface area contributed by atoms with E-state index in [0.717, 1.165) is 16.5 Å². The van der Waals surface area contributed by atoms with Crippen LogP contribution in [0.25, 0.3) is 0 Å². The predicted molar refractivity (Wildman–Crippen MR) is 71.8 cm³/mol. The number of benzene rings is 1. The molecule has 0 amide bonds. The summed E-state index contributed by atoms with van der Waals surface area (Å²) in [5.74, 6) is 0.744. The Morgan fingerprint density at radius 3 is 2.39 bits per heavy atom. The highest BCUT2D eigenvalue weighted by Crippen LogP contribution is 2.12. The van der Waals surface area contributed by atoms with Gasteiger partial charge in [0.15, 0.2) is 0 Å². The molecule has 0 unspecified atom stereocenters. The lowest BCUT2D eigenvalue weighted by atomic mass is 10.2. The number of ether oxygens (including phenoxy) is 1. The summed E-state index contributed by atoms with van der Waals surface area (Å²) in [6, 6.07) is 9.37. The molecule has 6 heteroatoms. The van der Waals surface area contributed by atoms with Gasteiger partial charge in [0.1, 0.15) is 11.9 Å². The third-order valence-electron chi connectivity index (χ3n) is 2.48. The third-order valence-corrected chi connectivity index (χ3v) is 3.97. The Morgan fingerprint density at radius 1 is 1.28 bits per heavy atom. The maximum Gasteiger partial charge on any atom is 0.279 e. The summed E-state index contributed by atoms with van der Waals surface area (Å²) in [4.78, 5) is 0. The van der Waals surface area contributed by atoms with E-state index in [0.29, 0.717) is 0 Å². The molecular formula is C12H20N2O3S. The van der Waals surface area contributed by atoms with E-state index in [4.69, 9.17) is 4.74 Å². The summed E-state index contributed by atoms with van der Waals surface area (Å²) in [5.41, 5.74) is 0. The standard InChI is InChI=1S/C12H20N2O3S/c1-4-11(10-13-18(15,16)14(2)3)17-12-8-6-5-7-9-12/h5-9,11,13H,4,10H2,1-3H3/t11-/m1/s1. The molecule has 18 heavy (non-hydrogen) atoms. The maximum absolute atomic E-state index is 11.6. The van der Waals surface area contributed by atoms with Crippen LogP contribution in [0.1, 0.15) is 13.3 Å². The Morgan fingerprint density at radius 2 is 1.89 bits per heavy atom. The van der Waals surface area contributed by atoms with Gasteiger partial charge in [-0.15, -0.1) is 0 Å². The third kappa shape index (κ3) is 4.64. The molecule has 1 aromatic carbocycles. The molecule has 0 aliphatic heterocycles. The second kappa shape index (κ2) is 6.72. The fourth-order valence-electron chi connectivity index (χ4n) is 1.29. The fourth-order valence-corrected chi connectivity index (χ4v) is 1.94. The number of para-hydroxylation sites is 1. The first-order valence-electron chi connectivity index (χ1n) is 5.84. The van der Waals surface area contributed by atoms with Gasteiger partial charge < -0.3 is 4.74 Å². The molecule has 5 nitrogen and oxygen atoms in total. The molecule has 0 fully saturated rings. The first-order chi connectivity index (χ1) is 8.45. The Balaban J connectivity index is 2.54. The van der Waals surface area contributed by atoms with E-state index in [1.165, 1.54) is 14.1 Å². The van der Waals surface area contributed by atoms with Gasteiger partial charge in [0.05, 0.1) is 0 Å². The molecule has 0 saturated carbocycles. The molecule has 1 atom stereocenters. The highest BCUT2D eigenvalue weighted by Gasteiger charge is 2.16. The van der Waals surface area contributed by atoms with E-state index in [1.807, 2.05) is 37.3 Å². The first kappa shape index (κ1) is 14.9. The van der Waals surface area contributed by atoms with E-state index in [-0.39, 0.29) is 12.6 Å². The van der Waals surface area contributed by atoms with Crippen LogP contribution < -0.4 is 9.46 Å². The SMILES string of the molecule is CC[C@H](CNS(=O)(=O)N(C)C)Oc1ccccc1. The molecule has 0 aromatic heterocycles. The Kier molecular flexibility index (Phi) is 5.58. The van der Waals surface area contributed by atoms with Crippen LogP contribution in [-0.4, -0.2) is 39.5 Å². The summed E-state index contributed by atoms with van der Waals surface area (Å²) in [5, 5.41) is 0. The molecule has 0 aliphatic rings. The number of rotatable bonds is 7. The zero-order chi connectivity index (χ0) is 13.6. The van der Waals surface area contributed by atoms with Crippen LogP contribution in [0.4, 0.5) is 0 Å². The van der Waals surface area contributed by atoms with Gasteiger partial charge in [0.2, 0.25) is 0 Å². The zero-order valence-electron chi connectivity index (χ0n) is 11.0. The number of hydrogen-bond acceptors (Lipinski definition) is 3. The lowest BCUT2D eigenvalue weighted by Crippen LogP contribution is -2.41. The van der Waals surface area contributed by atoms with Crippen LogP contribution in [0.2, 0.25) is 0 Å². The monoisotopic (exact) mass is 272 g/mol. The molecule has 0 bridgehead atoms. The molecule has 0 saturated heterocycles. The fraction of sp³-hybridized carbons (Fsp3) is 0.500. The van der Waals surface area contributed by atoms with Gasteiger partial charge in [-0.1, -0.05) is 25.1 Å². The van der Waals surface area contributed by atoms with Crippen LogP contribution in [0, 0.1) is 0 Å². The van der Waals surface area contributed by atoms with Crippen LogP contribution in [-0.2, 0) is 10.2 Å². The highest BCUT2D eigenvalue weighted by atomic mass is 32.2. The Labute approximate surface area is 109 Å². The van der Waals surface area contributed by atoms with E-state index in [2.05, 4.69) is 4.72 Å². The summed E-state index contributed by atoms with van der Waals surface area (Å²) in [6.45, 7) is 2.21. The highest BCUT2D eigenvalue weighted by molar-refractivity contribution is 7.87. The van der Waals surface area contributed by atoms with Crippen molar-refractivity contribution in [3.05, 3.63) is 30.3 Å². The van der Waals surface area contributed by atoms with Crippen LogP contribution >= 0.6 is 0 Å². The summed E-state index contributed by atoms with van der Waals surface area (Å²) in [7, 11) is -0.417.